The first-order valence-electron chi connectivity index (χ1n) is 6.74. The van der Waals surface area contributed by atoms with Crippen LogP contribution >= 0.6 is 11.3 Å². The first kappa shape index (κ1) is 13.1. The Labute approximate surface area is 108 Å². The van der Waals surface area contributed by atoms with Crippen molar-refractivity contribution in [2.24, 2.45) is 5.92 Å². The summed E-state index contributed by atoms with van der Waals surface area (Å²) in [5, 5.41) is 11.3. The van der Waals surface area contributed by atoms with Crippen molar-refractivity contribution < 1.29 is 5.11 Å². The van der Waals surface area contributed by atoms with E-state index in [0.717, 1.165) is 6.54 Å². The van der Waals surface area contributed by atoms with Crippen LogP contribution < -0.4 is 0 Å². The smallest absolute Gasteiger partial charge is 0.0471 e. The lowest BCUT2D eigenvalue weighted by Crippen LogP contribution is -2.37. The highest BCUT2D eigenvalue weighted by atomic mass is 32.1. The molecule has 1 fully saturated rings. The predicted octanol–water partition coefficient (Wildman–Crippen LogP) is 2.78. The maximum absolute atomic E-state index is 9.18. The molecule has 1 aromatic rings. The zero-order valence-electron chi connectivity index (χ0n) is 10.5. The average molecular weight is 253 g/mol. The van der Waals surface area contributed by atoms with Crippen molar-refractivity contribution in [3.05, 3.63) is 22.4 Å². The van der Waals surface area contributed by atoms with Crippen molar-refractivity contribution in [2.45, 2.75) is 32.1 Å². The van der Waals surface area contributed by atoms with Crippen LogP contribution in [-0.2, 0) is 6.42 Å². The number of likely N-dealkylation sites (tertiary alicyclic amines) is 1. The maximum Gasteiger partial charge on any atom is 0.0471 e. The molecule has 0 aromatic carbocycles. The standard InChI is InChI=1S/C14H23NOS/c16-12-13-5-3-9-15(11-13)8-2-1-6-14-7-4-10-17-14/h4,7,10,13,16H,1-3,5-6,8-9,11-12H2. The van der Waals surface area contributed by atoms with E-state index < -0.39 is 0 Å². The van der Waals surface area contributed by atoms with Crippen LogP contribution in [0.2, 0.25) is 0 Å². The Bertz CT molecular complexity index is 299. The third-order valence-corrected chi connectivity index (χ3v) is 4.53. The number of rotatable bonds is 6. The van der Waals surface area contributed by atoms with Crippen LogP contribution in [0, 0.1) is 5.92 Å². The summed E-state index contributed by atoms with van der Waals surface area (Å²) in [6.45, 7) is 3.92. The number of piperidine rings is 1. The third kappa shape index (κ3) is 4.41. The largest absolute Gasteiger partial charge is 0.396 e. The van der Waals surface area contributed by atoms with Crippen LogP contribution in [0.5, 0.6) is 0 Å². The van der Waals surface area contributed by atoms with Gasteiger partial charge in [0.05, 0.1) is 0 Å². The third-order valence-electron chi connectivity index (χ3n) is 3.59. The number of nitrogens with zero attached hydrogens (tertiary/aromatic N) is 1. The van der Waals surface area contributed by atoms with Gasteiger partial charge in [0.15, 0.2) is 0 Å². The monoisotopic (exact) mass is 253 g/mol. The van der Waals surface area contributed by atoms with E-state index in [2.05, 4.69) is 22.4 Å². The normalized spacial score (nSPS) is 21.8. The number of aliphatic hydroxyl groups is 1. The first-order chi connectivity index (χ1) is 8.38. The van der Waals surface area contributed by atoms with Crippen molar-refractivity contribution >= 4 is 11.3 Å². The maximum atomic E-state index is 9.18. The van der Waals surface area contributed by atoms with Gasteiger partial charge in [0.1, 0.15) is 0 Å². The first-order valence-corrected chi connectivity index (χ1v) is 7.62. The quantitative estimate of drug-likeness (QED) is 0.788. The molecule has 2 rings (SSSR count). The Hall–Kier alpha value is -0.380. The van der Waals surface area contributed by atoms with E-state index in [1.807, 2.05) is 11.3 Å². The summed E-state index contributed by atoms with van der Waals surface area (Å²) in [6, 6.07) is 4.36. The highest BCUT2D eigenvalue weighted by Gasteiger charge is 2.18. The lowest BCUT2D eigenvalue weighted by atomic mass is 9.99. The number of hydrogen-bond acceptors (Lipinski definition) is 3. The molecule has 0 spiro atoms. The second kappa shape index (κ2) is 7.14. The summed E-state index contributed by atoms with van der Waals surface area (Å²) in [6.07, 6.45) is 6.28. The molecule has 0 bridgehead atoms. The number of aryl methyl sites for hydroxylation is 1. The molecule has 0 radical (unpaired) electrons. The van der Waals surface area contributed by atoms with E-state index in [9.17, 15) is 5.11 Å². The molecule has 0 aliphatic carbocycles. The summed E-state index contributed by atoms with van der Waals surface area (Å²) in [5.74, 6) is 0.529. The molecule has 3 heteroatoms. The van der Waals surface area contributed by atoms with E-state index in [1.54, 1.807) is 0 Å². The summed E-state index contributed by atoms with van der Waals surface area (Å²) in [7, 11) is 0. The van der Waals surface area contributed by atoms with E-state index in [0.29, 0.717) is 12.5 Å². The minimum atomic E-state index is 0.367. The minimum Gasteiger partial charge on any atom is -0.396 e. The van der Waals surface area contributed by atoms with Gasteiger partial charge >= 0.3 is 0 Å². The number of hydrogen-bond donors (Lipinski definition) is 1. The molecular weight excluding hydrogens is 230 g/mol. The molecule has 0 saturated carbocycles. The molecule has 1 aromatic heterocycles. The summed E-state index contributed by atoms with van der Waals surface area (Å²) in [5.41, 5.74) is 0. The Kier molecular flexibility index (Phi) is 5.49. The van der Waals surface area contributed by atoms with Gasteiger partial charge in [-0.25, -0.2) is 0 Å². The van der Waals surface area contributed by atoms with Gasteiger partial charge in [0.25, 0.3) is 0 Å². The minimum absolute atomic E-state index is 0.367. The van der Waals surface area contributed by atoms with Crippen LogP contribution in [0.3, 0.4) is 0 Å². The summed E-state index contributed by atoms with van der Waals surface area (Å²) < 4.78 is 0. The summed E-state index contributed by atoms with van der Waals surface area (Å²) in [4.78, 5) is 4.04. The molecule has 1 N–H and O–H groups in total. The van der Waals surface area contributed by atoms with Crippen molar-refractivity contribution in [2.75, 3.05) is 26.2 Å². The zero-order chi connectivity index (χ0) is 11.9. The lowest BCUT2D eigenvalue weighted by Gasteiger charge is -2.31. The lowest BCUT2D eigenvalue weighted by molar-refractivity contribution is 0.119. The van der Waals surface area contributed by atoms with Crippen molar-refractivity contribution in [3.8, 4) is 0 Å². The van der Waals surface area contributed by atoms with E-state index in [4.69, 9.17) is 0 Å². The Morgan fingerprint density at radius 2 is 2.35 bits per heavy atom. The Morgan fingerprint density at radius 3 is 3.12 bits per heavy atom. The van der Waals surface area contributed by atoms with Crippen LogP contribution in [-0.4, -0.2) is 36.2 Å². The van der Waals surface area contributed by atoms with E-state index >= 15 is 0 Å². The predicted molar refractivity (Wildman–Crippen MR) is 73.5 cm³/mol. The molecule has 1 saturated heterocycles. The van der Waals surface area contributed by atoms with Crippen LogP contribution in [0.25, 0.3) is 0 Å². The van der Waals surface area contributed by atoms with Gasteiger partial charge in [-0.05, 0) is 62.6 Å². The van der Waals surface area contributed by atoms with Gasteiger partial charge in [0, 0.05) is 18.0 Å². The second-order valence-electron chi connectivity index (χ2n) is 5.03. The zero-order valence-corrected chi connectivity index (χ0v) is 11.3. The highest BCUT2D eigenvalue weighted by Crippen LogP contribution is 2.17. The van der Waals surface area contributed by atoms with Gasteiger partial charge in [-0.3, -0.25) is 0 Å². The van der Waals surface area contributed by atoms with Crippen molar-refractivity contribution in [3.63, 3.8) is 0 Å². The Morgan fingerprint density at radius 1 is 1.41 bits per heavy atom. The second-order valence-corrected chi connectivity index (χ2v) is 6.06. The fraction of sp³-hybridized carbons (Fsp3) is 0.714. The Balaban J connectivity index is 1.58. The van der Waals surface area contributed by atoms with Gasteiger partial charge < -0.3 is 10.0 Å². The molecule has 1 aliphatic rings. The van der Waals surface area contributed by atoms with Crippen molar-refractivity contribution in [1.29, 1.82) is 0 Å². The van der Waals surface area contributed by atoms with Crippen molar-refractivity contribution in [1.82, 2.24) is 4.90 Å². The fourth-order valence-electron chi connectivity index (χ4n) is 2.59. The van der Waals surface area contributed by atoms with E-state index in [1.165, 1.54) is 50.1 Å². The molecular formula is C14H23NOS. The molecule has 0 amide bonds. The van der Waals surface area contributed by atoms with Crippen LogP contribution in [0.1, 0.15) is 30.6 Å². The molecule has 96 valence electrons. The van der Waals surface area contributed by atoms with Gasteiger partial charge in [-0.1, -0.05) is 6.07 Å². The molecule has 2 nitrogen and oxygen atoms in total. The number of thiophene rings is 1. The van der Waals surface area contributed by atoms with Crippen LogP contribution in [0.15, 0.2) is 17.5 Å². The topological polar surface area (TPSA) is 23.5 Å². The van der Waals surface area contributed by atoms with Gasteiger partial charge in [-0.15, -0.1) is 11.3 Å². The van der Waals surface area contributed by atoms with Gasteiger partial charge in [-0.2, -0.15) is 0 Å². The highest BCUT2D eigenvalue weighted by molar-refractivity contribution is 7.09. The average Bonchev–Trinajstić information content (AvgIpc) is 2.88. The van der Waals surface area contributed by atoms with Gasteiger partial charge in [0.2, 0.25) is 0 Å². The molecule has 1 aliphatic heterocycles. The number of unbranched alkanes of at least 4 members (excludes halogenated alkanes) is 1. The van der Waals surface area contributed by atoms with E-state index in [-0.39, 0.29) is 0 Å². The SMILES string of the molecule is OCC1CCCN(CCCCc2cccs2)C1. The molecule has 1 atom stereocenters. The number of aliphatic hydroxyl groups excluding tert-OH is 1. The molecule has 2 heterocycles. The molecule has 17 heavy (non-hydrogen) atoms. The summed E-state index contributed by atoms with van der Waals surface area (Å²) >= 11 is 1.87. The van der Waals surface area contributed by atoms with Crippen LogP contribution in [0.4, 0.5) is 0 Å². The fourth-order valence-corrected chi connectivity index (χ4v) is 3.34. The molecule has 1 unspecified atom stereocenters.